The van der Waals surface area contributed by atoms with Crippen LogP contribution >= 0.6 is 23.2 Å². The van der Waals surface area contributed by atoms with E-state index >= 15 is 0 Å². The monoisotopic (exact) mass is 434 g/mol. The third kappa shape index (κ3) is 7.06. The first-order chi connectivity index (χ1) is 13.8. The van der Waals surface area contributed by atoms with E-state index in [-0.39, 0.29) is 18.2 Å². The van der Waals surface area contributed by atoms with Gasteiger partial charge in [0.2, 0.25) is 11.8 Å². The lowest BCUT2D eigenvalue weighted by Gasteiger charge is -2.31. The van der Waals surface area contributed by atoms with E-state index in [2.05, 4.69) is 5.32 Å². The lowest BCUT2D eigenvalue weighted by Crippen LogP contribution is -2.50. The number of benzene rings is 2. The smallest absolute Gasteiger partial charge is 0.242 e. The molecule has 0 aromatic heterocycles. The summed E-state index contributed by atoms with van der Waals surface area (Å²) in [6, 6.07) is 14.2. The van der Waals surface area contributed by atoms with Crippen LogP contribution in [0.4, 0.5) is 0 Å². The molecule has 0 aliphatic rings. The molecule has 1 unspecified atom stereocenters. The molecule has 156 valence electrons. The molecule has 0 aliphatic carbocycles. The summed E-state index contributed by atoms with van der Waals surface area (Å²) in [6.07, 6.45) is 0.633. The van der Waals surface area contributed by atoms with Crippen molar-refractivity contribution in [3.8, 4) is 0 Å². The molecule has 0 fully saturated rings. The summed E-state index contributed by atoms with van der Waals surface area (Å²) in [5, 5.41) is 3.93. The van der Waals surface area contributed by atoms with Gasteiger partial charge in [-0.25, -0.2) is 0 Å². The van der Waals surface area contributed by atoms with E-state index in [4.69, 9.17) is 23.2 Å². The second-order valence-electron chi connectivity index (χ2n) is 7.48. The van der Waals surface area contributed by atoms with Crippen molar-refractivity contribution in [2.24, 2.45) is 5.92 Å². The highest BCUT2D eigenvalue weighted by atomic mass is 35.5. The highest BCUT2D eigenvalue weighted by Gasteiger charge is 2.29. The van der Waals surface area contributed by atoms with Gasteiger partial charge in [-0.3, -0.25) is 9.59 Å². The summed E-state index contributed by atoms with van der Waals surface area (Å²) >= 11 is 12.2. The van der Waals surface area contributed by atoms with E-state index < -0.39 is 6.04 Å². The van der Waals surface area contributed by atoms with Crippen LogP contribution in [0.2, 0.25) is 10.0 Å². The molecule has 0 aliphatic heterocycles. The predicted molar refractivity (Wildman–Crippen MR) is 119 cm³/mol. The molecule has 2 aromatic rings. The normalized spacial score (nSPS) is 11.9. The fourth-order valence-corrected chi connectivity index (χ4v) is 3.53. The van der Waals surface area contributed by atoms with Crippen molar-refractivity contribution in [3.05, 3.63) is 69.7 Å². The lowest BCUT2D eigenvalue weighted by atomic mass is 10.1. The Labute approximate surface area is 183 Å². The minimum atomic E-state index is -0.549. The average molecular weight is 435 g/mol. The Morgan fingerprint density at radius 3 is 2.34 bits per heavy atom. The standard InChI is InChI=1S/C23H28Cl2N2O2/c1-4-21(23(29)26-14-16(2)3)27(15-17-8-6-5-7-9-17)22(28)12-18-10-11-19(24)13-20(18)25/h5-11,13,16,21H,4,12,14-15H2,1-3H3,(H,26,29). The number of rotatable bonds is 9. The van der Waals surface area contributed by atoms with Gasteiger partial charge in [-0.1, -0.05) is 80.4 Å². The third-order valence-electron chi connectivity index (χ3n) is 4.62. The highest BCUT2D eigenvalue weighted by molar-refractivity contribution is 6.35. The van der Waals surface area contributed by atoms with Gasteiger partial charge in [0.25, 0.3) is 0 Å². The second-order valence-corrected chi connectivity index (χ2v) is 8.33. The first-order valence-corrected chi connectivity index (χ1v) is 10.6. The molecule has 0 spiro atoms. The summed E-state index contributed by atoms with van der Waals surface area (Å²) in [7, 11) is 0. The zero-order valence-corrected chi connectivity index (χ0v) is 18.6. The fraction of sp³-hybridized carbons (Fsp3) is 0.391. The molecular weight excluding hydrogens is 407 g/mol. The molecule has 2 aromatic carbocycles. The van der Waals surface area contributed by atoms with Gasteiger partial charge in [0.05, 0.1) is 6.42 Å². The van der Waals surface area contributed by atoms with Gasteiger partial charge in [-0.2, -0.15) is 0 Å². The molecular formula is C23H28Cl2N2O2. The maximum Gasteiger partial charge on any atom is 0.242 e. The Morgan fingerprint density at radius 2 is 1.76 bits per heavy atom. The zero-order chi connectivity index (χ0) is 21.4. The molecule has 0 bridgehead atoms. The summed E-state index contributed by atoms with van der Waals surface area (Å²) in [4.78, 5) is 27.7. The van der Waals surface area contributed by atoms with Crippen LogP contribution in [0.5, 0.6) is 0 Å². The van der Waals surface area contributed by atoms with E-state index in [0.29, 0.717) is 41.0 Å². The molecule has 1 N–H and O–H groups in total. The number of carbonyl (C=O) groups is 2. The first-order valence-electron chi connectivity index (χ1n) is 9.86. The molecule has 6 heteroatoms. The van der Waals surface area contributed by atoms with Crippen molar-refractivity contribution in [2.45, 2.75) is 46.2 Å². The molecule has 0 radical (unpaired) electrons. The number of halogens is 2. The van der Waals surface area contributed by atoms with Crippen LogP contribution in [-0.4, -0.2) is 29.3 Å². The summed E-state index contributed by atoms with van der Waals surface area (Å²) in [5.41, 5.74) is 1.66. The number of carbonyl (C=O) groups excluding carboxylic acids is 2. The van der Waals surface area contributed by atoms with Crippen LogP contribution in [0.15, 0.2) is 48.5 Å². The maximum absolute atomic E-state index is 13.3. The average Bonchev–Trinajstić information content (AvgIpc) is 2.69. The van der Waals surface area contributed by atoms with E-state index in [1.54, 1.807) is 23.1 Å². The second kappa shape index (κ2) is 11.2. The van der Waals surface area contributed by atoms with Crippen LogP contribution in [0.25, 0.3) is 0 Å². The molecule has 1 atom stereocenters. The van der Waals surface area contributed by atoms with Gasteiger partial charge >= 0.3 is 0 Å². The Hall–Kier alpha value is -2.04. The van der Waals surface area contributed by atoms with E-state index in [9.17, 15) is 9.59 Å². The Bertz CT molecular complexity index is 825. The van der Waals surface area contributed by atoms with Crippen molar-refractivity contribution >= 4 is 35.0 Å². The van der Waals surface area contributed by atoms with Crippen LogP contribution in [0, 0.1) is 5.92 Å². The summed E-state index contributed by atoms with van der Waals surface area (Å²) < 4.78 is 0. The quantitative estimate of drug-likeness (QED) is 0.595. The van der Waals surface area contributed by atoms with Crippen LogP contribution in [0.1, 0.15) is 38.3 Å². The molecule has 0 saturated carbocycles. The van der Waals surface area contributed by atoms with Gasteiger partial charge in [0.1, 0.15) is 6.04 Å². The summed E-state index contributed by atoms with van der Waals surface area (Å²) in [6.45, 7) is 6.93. The van der Waals surface area contributed by atoms with Crippen molar-refractivity contribution in [1.82, 2.24) is 10.2 Å². The maximum atomic E-state index is 13.3. The molecule has 0 saturated heterocycles. The minimum Gasteiger partial charge on any atom is -0.354 e. The Balaban J connectivity index is 2.27. The van der Waals surface area contributed by atoms with Crippen LogP contribution in [-0.2, 0) is 22.6 Å². The number of nitrogens with one attached hydrogen (secondary N) is 1. The van der Waals surface area contributed by atoms with Gasteiger partial charge in [-0.15, -0.1) is 0 Å². The molecule has 4 nitrogen and oxygen atoms in total. The Kier molecular flexibility index (Phi) is 8.99. The van der Waals surface area contributed by atoms with E-state index in [1.807, 2.05) is 51.1 Å². The summed E-state index contributed by atoms with van der Waals surface area (Å²) in [5.74, 6) is 0.0555. The number of amides is 2. The van der Waals surface area contributed by atoms with Gasteiger partial charge < -0.3 is 10.2 Å². The van der Waals surface area contributed by atoms with Gasteiger partial charge in [-0.05, 0) is 35.6 Å². The third-order valence-corrected chi connectivity index (χ3v) is 5.21. The van der Waals surface area contributed by atoms with Crippen LogP contribution in [0.3, 0.4) is 0 Å². The van der Waals surface area contributed by atoms with E-state index in [1.165, 1.54) is 0 Å². The fourth-order valence-electron chi connectivity index (χ4n) is 3.05. The van der Waals surface area contributed by atoms with Gasteiger partial charge in [0, 0.05) is 23.1 Å². The Morgan fingerprint density at radius 1 is 1.07 bits per heavy atom. The van der Waals surface area contributed by atoms with Crippen molar-refractivity contribution in [3.63, 3.8) is 0 Å². The number of hydrogen-bond acceptors (Lipinski definition) is 2. The van der Waals surface area contributed by atoms with Gasteiger partial charge in [0.15, 0.2) is 0 Å². The van der Waals surface area contributed by atoms with E-state index in [0.717, 1.165) is 5.56 Å². The number of hydrogen-bond donors (Lipinski definition) is 1. The topological polar surface area (TPSA) is 49.4 Å². The largest absolute Gasteiger partial charge is 0.354 e. The zero-order valence-electron chi connectivity index (χ0n) is 17.1. The van der Waals surface area contributed by atoms with Crippen molar-refractivity contribution in [2.75, 3.05) is 6.54 Å². The molecule has 0 heterocycles. The van der Waals surface area contributed by atoms with Crippen molar-refractivity contribution < 1.29 is 9.59 Å². The minimum absolute atomic E-state index is 0.108. The molecule has 29 heavy (non-hydrogen) atoms. The predicted octanol–water partition coefficient (Wildman–Crippen LogP) is 5.12. The highest BCUT2D eigenvalue weighted by Crippen LogP contribution is 2.23. The first kappa shape index (κ1) is 23.2. The van der Waals surface area contributed by atoms with Crippen LogP contribution < -0.4 is 5.32 Å². The number of nitrogens with zero attached hydrogens (tertiary/aromatic N) is 1. The van der Waals surface area contributed by atoms with Crippen molar-refractivity contribution in [1.29, 1.82) is 0 Å². The molecule has 2 rings (SSSR count). The SMILES string of the molecule is CCC(C(=O)NCC(C)C)N(Cc1ccccc1)C(=O)Cc1ccc(Cl)cc1Cl. The molecule has 2 amide bonds. The lowest BCUT2D eigenvalue weighted by molar-refractivity contribution is -0.141.